The second-order valence-corrected chi connectivity index (χ2v) is 13.3. The number of benzene rings is 4. The maximum Gasteiger partial charge on any atom is 0.259 e. The third kappa shape index (κ3) is 7.22. The van der Waals surface area contributed by atoms with Crippen LogP contribution in [0.25, 0.3) is 22.1 Å². The van der Waals surface area contributed by atoms with E-state index in [1.165, 1.54) is 58.0 Å². The molecule has 6 aromatic rings. The molecule has 0 spiro atoms. The first-order valence-corrected chi connectivity index (χ1v) is 16.8. The number of rotatable bonds is 2. The van der Waals surface area contributed by atoms with Crippen molar-refractivity contribution in [2.24, 2.45) is 0 Å². The fourth-order valence-electron chi connectivity index (χ4n) is 5.12. The van der Waals surface area contributed by atoms with Crippen molar-refractivity contribution in [2.75, 3.05) is 0 Å². The molecule has 4 aromatic carbocycles. The third-order valence-electron chi connectivity index (χ3n) is 7.36. The number of aromatic nitrogens is 4. The third-order valence-corrected chi connectivity index (χ3v) is 9.06. The summed E-state index contributed by atoms with van der Waals surface area (Å²) < 4.78 is 67.2. The Balaban J connectivity index is 0.000000148. The summed E-state index contributed by atoms with van der Waals surface area (Å²) in [5.41, 5.74) is 6.94. The van der Waals surface area contributed by atoms with Crippen molar-refractivity contribution < 1.29 is 35.1 Å². The van der Waals surface area contributed by atoms with Crippen LogP contribution in [0, 0.1) is 13.8 Å². The van der Waals surface area contributed by atoms with Crippen molar-refractivity contribution >= 4 is 42.3 Å². The lowest BCUT2D eigenvalue weighted by Gasteiger charge is -2.06. The van der Waals surface area contributed by atoms with Crippen LogP contribution in [0.15, 0.2) is 107 Å². The zero-order valence-corrected chi connectivity index (χ0v) is 25.9. The quantitative estimate of drug-likeness (QED) is 0.219. The summed E-state index contributed by atoms with van der Waals surface area (Å²) in [5.74, 6) is 2.65. The Morgan fingerprint density at radius 1 is 0.545 bits per heavy atom. The van der Waals surface area contributed by atoms with Gasteiger partial charge in [-0.2, -0.15) is 0 Å². The highest BCUT2D eigenvalue weighted by Crippen LogP contribution is 2.15. The minimum absolute atomic E-state index is 0.178. The Labute approximate surface area is 256 Å². The van der Waals surface area contributed by atoms with Gasteiger partial charge in [-0.3, -0.25) is 0 Å². The number of aromatic amines is 2. The molecule has 0 saturated heterocycles. The van der Waals surface area contributed by atoms with Crippen LogP contribution >= 0.6 is 0 Å². The lowest BCUT2D eigenvalue weighted by molar-refractivity contribution is -0.716. The van der Waals surface area contributed by atoms with E-state index in [4.69, 9.17) is 0 Å². The SMILES string of the molecule is Cc1ccc(S(=O)(=O)[O-])cc1.Cc1ccc(S(=O)(=O)[O-])cc1.c1ccc2c(c1)[nH]c1[n+]2CCc2[nH]c3ccccc3[n+]2CC1. The summed E-state index contributed by atoms with van der Waals surface area (Å²) in [6.45, 7) is 5.65. The van der Waals surface area contributed by atoms with Gasteiger partial charge in [0.2, 0.25) is 0 Å². The summed E-state index contributed by atoms with van der Waals surface area (Å²) in [7, 11) is -8.54. The van der Waals surface area contributed by atoms with Crippen molar-refractivity contribution in [3.8, 4) is 0 Å². The summed E-state index contributed by atoms with van der Waals surface area (Å²) in [6, 6.07) is 28.7. The van der Waals surface area contributed by atoms with E-state index < -0.39 is 20.2 Å². The number of nitrogens with one attached hydrogen (secondary N) is 2. The molecule has 10 nitrogen and oxygen atoms in total. The molecule has 12 heteroatoms. The van der Waals surface area contributed by atoms with Crippen LogP contribution in [0.5, 0.6) is 0 Å². The van der Waals surface area contributed by atoms with Gasteiger partial charge >= 0.3 is 0 Å². The van der Waals surface area contributed by atoms with Crippen molar-refractivity contribution in [3.05, 3.63) is 120 Å². The molecule has 3 heterocycles. The highest BCUT2D eigenvalue weighted by Gasteiger charge is 2.26. The largest absolute Gasteiger partial charge is 0.744 e. The maximum absolute atomic E-state index is 10.4. The average molecular weight is 633 g/mol. The molecule has 0 unspecified atom stereocenters. The molecule has 0 radical (unpaired) electrons. The van der Waals surface area contributed by atoms with Crippen molar-refractivity contribution in [1.29, 1.82) is 0 Å². The molecule has 0 aliphatic carbocycles. The molecular weight excluding hydrogens is 601 g/mol. The van der Waals surface area contributed by atoms with Gasteiger partial charge in [0.05, 0.1) is 22.6 Å². The first-order chi connectivity index (χ1) is 20.9. The minimum atomic E-state index is -4.27. The van der Waals surface area contributed by atoms with Crippen LogP contribution in [0.3, 0.4) is 0 Å². The smallest absolute Gasteiger partial charge is 0.259 e. The van der Waals surface area contributed by atoms with E-state index in [1.807, 2.05) is 13.8 Å². The Kier molecular flexibility index (Phi) is 8.97. The van der Waals surface area contributed by atoms with E-state index in [2.05, 4.69) is 67.6 Å². The number of hydrogen-bond donors (Lipinski definition) is 2. The van der Waals surface area contributed by atoms with Crippen LogP contribution in [-0.2, 0) is 46.2 Å². The van der Waals surface area contributed by atoms with Gasteiger partial charge in [-0.05, 0) is 62.4 Å². The second kappa shape index (κ2) is 12.7. The lowest BCUT2D eigenvalue weighted by atomic mass is 10.2. The molecule has 228 valence electrons. The van der Waals surface area contributed by atoms with Crippen LogP contribution < -0.4 is 9.13 Å². The van der Waals surface area contributed by atoms with Gasteiger partial charge in [0.15, 0.2) is 22.1 Å². The van der Waals surface area contributed by atoms with Gasteiger partial charge in [-0.25, -0.2) is 35.9 Å². The Bertz CT molecular complexity index is 1980. The van der Waals surface area contributed by atoms with Crippen LogP contribution in [0.2, 0.25) is 0 Å². The molecule has 7 rings (SSSR count). The second-order valence-electron chi connectivity index (χ2n) is 10.5. The standard InChI is InChI=1S/C18H16N4.2C7H8O3S/c1-3-7-15-13(5-1)19-17-9-12-22-16-8-4-2-6-14(16)20-18(22)10-11-21(15)17;2*1-6-2-4-7(5-3-6)11(8,9)10/h1-8H,9-12H2;2*2-5H,1H3,(H,8,9,10). The molecule has 0 atom stereocenters. The van der Waals surface area contributed by atoms with E-state index in [-0.39, 0.29) is 9.79 Å². The minimum Gasteiger partial charge on any atom is -0.744 e. The topological polar surface area (TPSA) is 154 Å². The summed E-state index contributed by atoms with van der Waals surface area (Å²) in [4.78, 5) is 6.83. The number of hydrogen-bond acceptors (Lipinski definition) is 6. The van der Waals surface area contributed by atoms with Gasteiger partial charge in [0, 0.05) is 0 Å². The van der Waals surface area contributed by atoms with E-state index in [0.29, 0.717) is 0 Å². The highest BCUT2D eigenvalue weighted by molar-refractivity contribution is 7.86. The Morgan fingerprint density at radius 2 is 0.886 bits per heavy atom. The normalized spacial score (nSPS) is 13.0. The molecule has 2 N–H and O–H groups in total. The average Bonchev–Trinajstić information content (AvgIpc) is 3.50. The Morgan fingerprint density at radius 3 is 1.23 bits per heavy atom. The van der Waals surface area contributed by atoms with Gasteiger partial charge < -0.3 is 9.11 Å². The summed E-state index contributed by atoms with van der Waals surface area (Å²) >= 11 is 0. The van der Waals surface area contributed by atoms with Crippen LogP contribution in [-0.4, -0.2) is 35.9 Å². The maximum atomic E-state index is 10.4. The van der Waals surface area contributed by atoms with Crippen LogP contribution in [0.1, 0.15) is 22.8 Å². The van der Waals surface area contributed by atoms with Gasteiger partial charge in [0.1, 0.15) is 33.3 Å². The van der Waals surface area contributed by atoms with E-state index in [1.54, 1.807) is 24.3 Å². The van der Waals surface area contributed by atoms with Crippen molar-refractivity contribution in [1.82, 2.24) is 9.97 Å². The van der Waals surface area contributed by atoms with Crippen molar-refractivity contribution in [2.45, 2.75) is 49.6 Å². The first-order valence-electron chi connectivity index (χ1n) is 13.9. The van der Waals surface area contributed by atoms with Crippen molar-refractivity contribution in [3.63, 3.8) is 0 Å². The Hall–Kier alpha value is -4.36. The molecule has 44 heavy (non-hydrogen) atoms. The predicted octanol–water partition coefficient (Wildman–Crippen LogP) is 3.82. The molecule has 1 aliphatic heterocycles. The number of nitrogens with zero attached hydrogens (tertiary/aromatic N) is 2. The monoisotopic (exact) mass is 632 g/mol. The van der Waals surface area contributed by atoms with Gasteiger partial charge in [-0.15, -0.1) is 0 Å². The predicted molar refractivity (Wildman–Crippen MR) is 163 cm³/mol. The summed E-state index contributed by atoms with van der Waals surface area (Å²) in [6.07, 6.45) is 2.04. The van der Waals surface area contributed by atoms with Gasteiger partial charge in [0.25, 0.3) is 11.6 Å². The molecule has 0 saturated carbocycles. The fraction of sp³-hybridized carbons (Fsp3) is 0.188. The van der Waals surface area contributed by atoms with E-state index in [0.717, 1.165) is 37.1 Å². The molecule has 0 amide bonds. The lowest BCUT2D eigenvalue weighted by Crippen LogP contribution is -2.47. The number of para-hydroxylation sites is 4. The first kappa shape index (κ1) is 31.1. The number of H-pyrrole nitrogens is 2. The molecule has 1 aliphatic rings. The zero-order valence-electron chi connectivity index (χ0n) is 24.2. The highest BCUT2D eigenvalue weighted by atomic mass is 32.2. The molecule has 0 fully saturated rings. The fourth-order valence-corrected chi connectivity index (χ4v) is 6.06. The van der Waals surface area contributed by atoms with Crippen LogP contribution in [0.4, 0.5) is 0 Å². The zero-order chi connectivity index (χ0) is 31.5. The summed E-state index contributed by atoms with van der Waals surface area (Å²) in [5, 5.41) is 0. The van der Waals surface area contributed by atoms with E-state index >= 15 is 0 Å². The number of imidazole rings is 2. The number of fused-ring (bicyclic) bond motifs is 6. The van der Waals surface area contributed by atoms with Gasteiger partial charge in [-0.1, -0.05) is 59.7 Å². The molecule has 0 bridgehead atoms. The number of aryl methyl sites for hydroxylation is 6. The molecular formula is C32H32N4O6S2. The molecule has 2 aromatic heterocycles. The van der Waals surface area contributed by atoms with E-state index in [9.17, 15) is 25.9 Å².